The van der Waals surface area contributed by atoms with E-state index in [1.165, 1.54) is 38.5 Å². The second-order valence-electron chi connectivity index (χ2n) is 3.58. The summed E-state index contributed by atoms with van der Waals surface area (Å²) in [4.78, 5) is 0. The Hall–Kier alpha value is 0.470. The molecule has 1 N–H and O–H groups in total. The van der Waals surface area contributed by atoms with E-state index in [4.69, 9.17) is 5.21 Å². The van der Waals surface area contributed by atoms with Gasteiger partial charge in [-0.3, -0.25) is 0 Å². The summed E-state index contributed by atoms with van der Waals surface area (Å²) in [5, 5.41) is 12.1. The van der Waals surface area contributed by atoms with Crippen LogP contribution in [0.2, 0.25) is 0 Å². The minimum atomic E-state index is 0. The zero-order valence-electron chi connectivity index (χ0n) is 10.1. The van der Waals surface area contributed by atoms with E-state index in [1.54, 1.807) is 0 Å². The van der Waals surface area contributed by atoms with Crippen molar-refractivity contribution in [3.8, 4) is 0 Å². The van der Waals surface area contributed by atoms with Crippen molar-refractivity contribution in [2.75, 3.05) is 0 Å². The Balaban J connectivity index is 0. The molecule has 79 valence electrons. The van der Waals surface area contributed by atoms with Crippen LogP contribution in [0.1, 0.15) is 65.2 Å². The molecule has 0 amide bonds. The Labute approximate surface area is 110 Å². The zero-order chi connectivity index (χ0) is 9.94. The van der Waals surface area contributed by atoms with Gasteiger partial charge in [0.25, 0.3) is 0 Å². The van der Waals surface area contributed by atoms with Crippen molar-refractivity contribution >= 4 is 35.3 Å². The van der Waals surface area contributed by atoms with E-state index < -0.39 is 0 Å². The van der Waals surface area contributed by atoms with Crippen LogP contribution in [-0.2, 0) is 0 Å². The largest absolute Gasteiger partial charge is 0.411 e. The summed E-state index contributed by atoms with van der Waals surface area (Å²) >= 11 is 0. The maximum atomic E-state index is 8.71. The Kier molecular flexibility index (Phi) is 16.2. The standard InChI is InChI=1S/C11H23NO.Na/c1-3-5-7-9-11(12-13)10-8-6-4-2;/h13H,3-10H2,1-2H3;. The first-order valence-corrected chi connectivity index (χ1v) is 5.54. The van der Waals surface area contributed by atoms with Crippen molar-refractivity contribution in [2.45, 2.75) is 65.2 Å². The van der Waals surface area contributed by atoms with Gasteiger partial charge >= 0.3 is 0 Å². The molecule has 0 atom stereocenters. The van der Waals surface area contributed by atoms with Crippen LogP contribution >= 0.6 is 0 Å². The van der Waals surface area contributed by atoms with E-state index in [-0.39, 0.29) is 29.6 Å². The van der Waals surface area contributed by atoms with E-state index >= 15 is 0 Å². The Morgan fingerprint density at radius 1 is 0.929 bits per heavy atom. The van der Waals surface area contributed by atoms with Gasteiger partial charge in [-0.2, -0.15) is 0 Å². The molecule has 0 spiro atoms. The molecule has 14 heavy (non-hydrogen) atoms. The van der Waals surface area contributed by atoms with Crippen molar-refractivity contribution < 1.29 is 5.21 Å². The summed E-state index contributed by atoms with van der Waals surface area (Å²) in [6.07, 6.45) is 9.24. The summed E-state index contributed by atoms with van der Waals surface area (Å²) in [5.41, 5.74) is 0.988. The number of hydrogen-bond acceptors (Lipinski definition) is 2. The molecule has 0 aliphatic carbocycles. The van der Waals surface area contributed by atoms with Crippen LogP contribution in [-0.4, -0.2) is 40.5 Å². The topological polar surface area (TPSA) is 32.6 Å². The van der Waals surface area contributed by atoms with Crippen LogP contribution in [0.15, 0.2) is 5.16 Å². The van der Waals surface area contributed by atoms with Crippen molar-refractivity contribution in [2.24, 2.45) is 5.16 Å². The summed E-state index contributed by atoms with van der Waals surface area (Å²) in [5.74, 6) is 0. The number of rotatable bonds is 8. The molecule has 0 unspecified atom stereocenters. The molecule has 0 aliphatic heterocycles. The van der Waals surface area contributed by atoms with Gasteiger partial charge < -0.3 is 5.21 Å². The third kappa shape index (κ3) is 10.6. The fourth-order valence-corrected chi connectivity index (χ4v) is 1.38. The van der Waals surface area contributed by atoms with Crippen LogP contribution in [0.5, 0.6) is 0 Å². The fraction of sp³-hybridized carbons (Fsp3) is 0.909. The molecule has 0 fully saturated rings. The number of nitrogens with zero attached hydrogens (tertiary/aromatic N) is 1. The van der Waals surface area contributed by atoms with Gasteiger partial charge in [-0.25, -0.2) is 0 Å². The summed E-state index contributed by atoms with van der Waals surface area (Å²) < 4.78 is 0. The second-order valence-corrected chi connectivity index (χ2v) is 3.58. The zero-order valence-corrected chi connectivity index (χ0v) is 12.1. The summed E-state index contributed by atoms with van der Waals surface area (Å²) in [6, 6.07) is 0. The quantitative estimate of drug-likeness (QED) is 0.213. The van der Waals surface area contributed by atoms with Gasteiger partial charge in [-0.05, 0) is 25.7 Å². The predicted octanol–water partition coefficient (Wildman–Crippen LogP) is 3.60. The van der Waals surface area contributed by atoms with Crippen LogP contribution in [0.25, 0.3) is 0 Å². The molecule has 2 nitrogen and oxygen atoms in total. The van der Waals surface area contributed by atoms with E-state index in [0.29, 0.717) is 0 Å². The van der Waals surface area contributed by atoms with Crippen LogP contribution < -0.4 is 0 Å². The molecule has 0 rings (SSSR count). The number of hydrogen-bond donors (Lipinski definition) is 1. The van der Waals surface area contributed by atoms with Gasteiger partial charge in [0.15, 0.2) is 0 Å². The van der Waals surface area contributed by atoms with Gasteiger partial charge in [-0.15, -0.1) is 0 Å². The van der Waals surface area contributed by atoms with Crippen LogP contribution in [0, 0.1) is 0 Å². The van der Waals surface area contributed by atoms with Crippen molar-refractivity contribution in [3.05, 3.63) is 0 Å². The SMILES string of the molecule is CCCCCC(CCCCC)=NO.[Na]. The number of unbranched alkanes of at least 4 members (excludes halogenated alkanes) is 4. The fourth-order valence-electron chi connectivity index (χ4n) is 1.38. The molecule has 0 bridgehead atoms. The minimum Gasteiger partial charge on any atom is -0.411 e. The van der Waals surface area contributed by atoms with Gasteiger partial charge in [0.2, 0.25) is 0 Å². The molecule has 0 aromatic rings. The Bertz CT molecular complexity index is 125. The van der Waals surface area contributed by atoms with Gasteiger partial charge in [-0.1, -0.05) is 44.7 Å². The third-order valence-corrected chi connectivity index (χ3v) is 2.28. The second kappa shape index (κ2) is 13.5. The van der Waals surface area contributed by atoms with Gasteiger partial charge in [0, 0.05) is 29.6 Å². The van der Waals surface area contributed by atoms with Crippen LogP contribution in [0.4, 0.5) is 0 Å². The molecule has 0 saturated carbocycles. The smallest absolute Gasteiger partial charge is 0.0570 e. The maximum absolute atomic E-state index is 8.71. The molecule has 0 heterocycles. The first kappa shape index (κ1) is 16.9. The van der Waals surface area contributed by atoms with E-state index in [2.05, 4.69) is 19.0 Å². The molecule has 0 aromatic carbocycles. The molecule has 0 aromatic heterocycles. The Morgan fingerprint density at radius 2 is 1.36 bits per heavy atom. The van der Waals surface area contributed by atoms with Crippen molar-refractivity contribution in [1.29, 1.82) is 0 Å². The van der Waals surface area contributed by atoms with Gasteiger partial charge in [0.1, 0.15) is 0 Å². The minimum absolute atomic E-state index is 0. The normalized spacial score (nSPS) is 9.29. The average molecular weight is 208 g/mol. The van der Waals surface area contributed by atoms with Crippen molar-refractivity contribution in [1.82, 2.24) is 0 Å². The Morgan fingerprint density at radius 3 is 1.64 bits per heavy atom. The van der Waals surface area contributed by atoms with E-state index in [1.807, 2.05) is 0 Å². The molecular weight excluding hydrogens is 185 g/mol. The molecule has 1 radical (unpaired) electrons. The number of oxime groups is 1. The average Bonchev–Trinajstić information content (AvgIpc) is 2.16. The maximum Gasteiger partial charge on any atom is 0.0570 e. The third-order valence-electron chi connectivity index (χ3n) is 2.28. The molecule has 3 heteroatoms. The van der Waals surface area contributed by atoms with Crippen LogP contribution in [0.3, 0.4) is 0 Å². The monoisotopic (exact) mass is 208 g/mol. The predicted molar refractivity (Wildman–Crippen MR) is 63.3 cm³/mol. The van der Waals surface area contributed by atoms with Gasteiger partial charge in [0.05, 0.1) is 5.71 Å². The van der Waals surface area contributed by atoms with Crippen molar-refractivity contribution in [3.63, 3.8) is 0 Å². The van der Waals surface area contributed by atoms with E-state index in [9.17, 15) is 0 Å². The first-order valence-electron chi connectivity index (χ1n) is 5.54. The van der Waals surface area contributed by atoms with E-state index in [0.717, 1.165) is 18.6 Å². The molecular formula is C11H23NNaO. The molecule has 0 saturated heterocycles. The summed E-state index contributed by atoms with van der Waals surface area (Å²) in [6.45, 7) is 4.37. The summed E-state index contributed by atoms with van der Waals surface area (Å²) in [7, 11) is 0. The first-order chi connectivity index (χ1) is 6.35. The molecule has 0 aliphatic rings.